The van der Waals surface area contributed by atoms with Gasteiger partial charge in [-0.05, 0) is 49.2 Å². The predicted octanol–water partition coefficient (Wildman–Crippen LogP) is 3.54. The van der Waals surface area contributed by atoms with Crippen LogP contribution in [0, 0.1) is 0 Å². The summed E-state index contributed by atoms with van der Waals surface area (Å²) < 4.78 is 5.89. The highest BCUT2D eigenvalue weighted by Crippen LogP contribution is 2.36. The molecule has 0 aliphatic carbocycles. The first-order valence-electron chi connectivity index (χ1n) is 9.67. The maximum Gasteiger partial charge on any atom is 0.337 e. The Balaban J connectivity index is 1.34. The van der Waals surface area contributed by atoms with Crippen molar-refractivity contribution in [3.05, 3.63) is 64.7 Å². The van der Waals surface area contributed by atoms with Gasteiger partial charge in [0.25, 0.3) is 0 Å². The van der Waals surface area contributed by atoms with Crippen molar-refractivity contribution in [1.29, 1.82) is 0 Å². The third-order valence-electron chi connectivity index (χ3n) is 5.17. The van der Waals surface area contributed by atoms with E-state index in [1.165, 1.54) is 11.8 Å². The van der Waals surface area contributed by atoms with Crippen molar-refractivity contribution in [3.8, 4) is 0 Å². The molecule has 0 spiro atoms. The molecular formula is C22H23N3O3S. The van der Waals surface area contributed by atoms with Crippen molar-refractivity contribution in [1.82, 2.24) is 15.2 Å². The monoisotopic (exact) mass is 409 g/mol. The minimum absolute atomic E-state index is 0.00458. The first-order chi connectivity index (χ1) is 14.1. The Morgan fingerprint density at radius 1 is 1.21 bits per heavy atom. The van der Waals surface area contributed by atoms with Crippen LogP contribution in [-0.2, 0) is 16.1 Å². The van der Waals surface area contributed by atoms with Gasteiger partial charge in [-0.1, -0.05) is 24.3 Å². The number of nitrogens with zero attached hydrogens (tertiary/aromatic N) is 2. The highest BCUT2D eigenvalue weighted by Gasteiger charge is 2.29. The molecule has 0 saturated carbocycles. The molecule has 1 N–H and O–H groups in total. The lowest BCUT2D eigenvalue weighted by Crippen LogP contribution is -2.36. The lowest BCUT2D eigenvalue weighted by atomic mass is 10.1. The number of carbonyl (C=O) groups excluding carboxylic acids is 2. The summed E-state index contributed by atoms with van der Waals surface area (Å²) in [7, 11) is 1.36. The number of hydrogen-bond donors (Lipinski definition) is 1. The molecule has 1 fully saturated rings. The number of esters is 1. The van der Waals surface area contributed by atoms with E-state index in [2.05, 4.69) is 16.3 Å². The van der Waals surface area contributed by atoms with Gasteiger partial charge in [0.1, 0.15) is 5.01 Å². The first kappa shape index (κ1) is 19.5. The highest BCUT2D eigenvalue weighted by atomic mass is 32.1. The van der Waals surface area contributed by atoms with E-state index in [-0.39, 0.29) is 17.9 Å². The molecule has 150 valence electrons. The van der Waals surface area contributed by atoms with Gasteiger partial charge in [-0.2, -0.15) is 0 Å². The number of carbonyl (C=O) groups is 2. The number of hydrogen-bond acceptors (Lipinski definition) is 6. The quantitative estimate of drug-likeness (QED) is 0.631. The van der Waals surface area contributed by atoms with Crippen LogP contribution < -0.4 is 5.32 Å². The molecule has 4 rings (SSSR count). The van der Waals surface area contributed by atoms with E-state index in [4.69, 9.17) is 9.72 Å². The molecule has 1 atom stereocenters. The van der Waals surface area contributed by atoms with Gasteiger partial charge in [0.2, 0.25) is 5.91 Å². The second-order valence-corrected chi connectivity index (χ2v) is 8.18. The van der Waals surface area contributed by atoms with Crippen LogP contribution in [0.25, 0.3) is 10.2 Å². The van der Waals surface area contributed by atoms with Gasteiger partial charge in [0.05, 0.1) is 35.5 Å². The van der Waals surface area contributed by atoms with Crippen LogP contribution in [0.4, 0.5) is 0 Å². The second kappa shape index (κ2) is 8.71. The summed E-state index contributed by atoms with van der Waals surface area (Å²) in [6.45, 7) is 1.70. The Kier molecular flexibility index (Phi) is 5.87. The zero-order valence-corrected chi connectivity index (χ0v) is 17.1. The number of ether oxygens (including phenoxy) is 1. The fourth-order valence-corrected chi connectivity index (χ4v) is 4.78. The van der Waals surface area contributed by atoms with Crippen LogP contribution in [0.3, 0.4) is 0 Å². The van der Waals surface area contributed by atoms with Gasteiger partial charge < -0.3 is 10.1 Å². The summed E-state index contributed by atoms with van der Waals surface area (Å²) in [4.78, 5) is 31.0. The fraction of sp³-hybridized carbons (Fsp3) is 0.318. The van der Waals surface area contributed by atoms with Gasteiger partial charge >= 0.3 is 5.97 Å². The number of para-hydroxylation sites is 1. The molecule has 1 aliphatic rings. The van der Waals surface area contributed by atoms with Gasteiger partial charge in [-0.3, -0.25) is 9.69 Å². The van der Waals surface area contributed by atoms with E-state index in [0.717, 1.165) is 35.5 Å². The summed E-state index contributed by atoms with van der Waals surface area (Å²) in [5, 5.41) is 4.07. The summed E-state index contributed by atoms with van der Waals surface area (Å²) >= 11 is 1.72. The molecule has 29 heavy (non-hydrogen) atoms. The number of benzene rings is 2. The molecule has 6 nitrogen and oxygen atoms in total. The van der Waals surface area contributed by atoms with E-state index in [9.17, 15) is 9.59 Å². The van der Waals surface area contributed by atoms with E-state index in [1.54, 1.807) is 23.5 Å². The SMILES string of the molecule is COC(=O)c1ccc(CNC(=O)CN2CCC[C@H]2c2nc3ccccc3s2)cc1. The smallest absolute Gasteiger partial charge is 0.337 e. The zero-order valence-electron chi connectivity index (χ0n) is 16.3. The fourth-order valence-electron chi connectivity index (χ4n) is 3.65. The minimum atomic E-state index is -0.365. The van der Waals surface area contributed by atoms with Gasteiger partial charge in [-0.25, -0.2) is 9.78 Å². The predicted molar refractivity (Wildman–Crippen MR) is 113 cm³/mol. The molecule has 0 unspecified atom stereocenters. The molecule has 0 radical (unpaired) electrons. The van der Waals surface area contributed by atoms with Gasteiger partial charge in [-0.15, -0.1) is 11.3 Å². The minimum Gasteiger partial charge on any atom is -0.465 e. The van der Waals surface area contributed by atoms with Crippen LogP contribution in [0.2, 0.25) is 0 Å². The lowest BCUT2D eigenvalue weighted by molar-refractivity contribution is -0.122. The second-order valence-electron chi connectivity index (χ2n) is 7.11. The van der Waals surface area contributed by atoms with Crippen molar-refractivity contribution in [2.45, 2.75) is 25.4 Å². The lowest BCUT2D eigenvalue weighted by Gasteiger charge is -2.22. The van der Waals surface area contributed by atoms with Gasteiger partial charge in [0, 0.05) is 6.54 Å². The van der Waals surface area contributed by atoms with Crippen molar-refractivity contribution in [2.75, 3.05) is 20.2 Å². The topological polar surface area (TPSA) is 71.5 Å². The van der Waals surface area contributed by atoms with Crippen molar-refractivity contribution in [2.24, 2.45) is 0 Å². The number of likely N-dealkylation sites (tertiary alicyclic amines) is 1. The molecular weight excluding hydrogens is 386 g/mol. The number of fused-ring (bicyclic) bond motifs is 1. The summed E-state index contributed by atoms with van der Waals surface area (Å²) in [6.07, 6.45) is 2.10. The average Bonchev–Trinajstić information content (AvgIpc) is 3.38. The Hall–Kier alpha value is -2.77. The molecule has 7 heteroatoms. The van der Waals surface area contributed by atoms with E-state index in [1.807, 2.05) is 30.3 Å². The van der Waals surface area contributed by atoms with Crippen molar-refractivity contribution >= 4 is 33.4 Å². The van der Waals surface area contributed by atoms with Crippen LogP contribution >= 0.6 is 11.3 Å². The average molecular weight is 410 g/mol. The largest absolute Gasteiger partial charge is 0.465 e. The normalized spacial score (nSPS) is 16.8. The summed E-state index contributed by atoms with van der Waals surface area (Å²) in [5.41, 5.74) is 2.47. The van der Waals surface area contributed by atoms with Crippen molar-refractivity contribution < 1.29 is 14.3 Å². The Morgan fingerprint density at radius 3 is 2.76 bits per heavy atom. The Bertz CT molecular complexity index is 983. The molecule has 0 bridgehead atoms. The third kappa shape index (κ3) is 4.46. The maximum absolute atomic E-state index is 12.5. The molecule has 1 amide bonds. The van der Waals surface area contributed by atoms with Crippen LogP contribution in [0.5, 0.6) is 0 Å². The molecule has 2 heterocycles. The number of amides is 1. The van der Waals surface area contributed by atoms with E-state index >= 15 is 0 Å². The number of aromatic nitrogens is 1. The van der Waals surface area contributed by atoms with Crippen LogP contribution in [0.15, 0.2) is 48.5 Å². The van der Waals surface area contributed by atoms with Crippen LogP contribution in [-0.4, -0.2) is 42.0 Å². The highest BCUT2D eigenvalue weighted by molar-refractivity contribution is 7.18. The standard InChI is InChI=1S/C22H23N3O3S/c1-28-22(27)16-10-8-15(9-11-16)13-23-20(26)14-25-12-4-6-18(25)21-24-17-5-2-3-7-19(17)29-21/h2-3,5,7-11,18H,4,6,12-14H2,1H3,(H,23,26)/t18-/m0/s1. The Morgan fingerprint density at radius 2 is 2.00 bits per heavy atom. The number of thiazole rings is 1. The molecule has 2 aromatic carbocycles. The van der Waals surface area contributed by atoms with E-state index in [0.29, 0.717) is 18.7 Å². The van der Waals surface area contributed by atoms with E-state index < -0.39 is 0 Å². The number of rotatable bonds is 6. The summed E-state index contributed by atoms with van der Waals surface area (Å²) in [5.74, 6) is -0.370. The summed E-state index contributed by atoms with van der Waals surface area (Å²) in [6, 6.07) is 15.4. The van der Waals surface area contributed by atoms with Crippen molar-refractivity contribution in [3.63, 3.8) is 0 Å². The molecule has 3 aromatic rings. The molecule has 1 aliphatic heterocycles. The zero-order chi connectivity index (χ0) is 20.2. The number of methoxy groups -OCH3 is 1. The third-order valence-corrected chi connectivity index (χ3v) is 6.31. The molecule has 1 aromatic heterocycles. The molecule has 1 saturated heterocycles. The maximum atomic E-state index is 12.5. The van der Waals surface area contributed by atoms with Gasteiger partial charge in [0.15, 0.2) is 0 Å². The van der Waals surface area contributed by atoms with Crippen LogP contribution in [0.1, 0.15) is 39.8 Å². The first-order valence-corrected chi connectivity index (χ1v) is 10.5. The Labute approximate surface area is 173 Å². The number of nitrogens with one attached hydrogen (secondary N) is 1.